The van der Waals surface area contributed by atoms with Gasteiger partial charge < -0.3 is 14.3 Å². The van der Waals surface area contributed by atoms with E-state index in [2.05, 4.69) is 15.5 Å². The van der Waals surface area contributed by atoms with Gasteiger partial charge in [0.05, 0.1) is 0 Å². The monoisotopic (exact) mass is 324 g/mol. The molecule has 0 spiro atoms. The molecule has 0 aliphatic heterocycles. The summed E-state index contributed by atoms with van der Waals surface area (Å²) in [7, 11) is 0. The Morgan fingerprint density at radius 1 is 1.21 bits per heavy atom. The van der Waals surface area contributed by atoms with Crippen LogP contribution in [0.3, 0.4) is 0 Å². The first-order valence-corrected chi connectivity index (χ1v) is 7.96. The van der Waals surface area contributed by atoms with Crippen molar-refractivity contribution in [3.05, 3.63) is 59.6 Å². The molecule has 6 heteroatoms. The van der Waals surface area contributed by atoms with Crippen LogP contribution in [0.5, 0.6) is 0 Å². The van der Waals surface area contributed by atoms with E-state index in [0.717, 1.165) is 11.3 Å². The van der Waals surface area contributed by atoms with E-state index in [0.29, 0.717) is 24.7 Å². The first kappa shape index (κ1) is 16.0. The molecular formula is C18H20N4O2. The number of nitrogens with one attached hydrogen (secondary N) is 1. The van der Waals surface area contributed by atoms with Gasteiger partial charge in [-0.15, -0.1) is 10.2 Å². The fourth-order valence-corrected chi connectivity index (χ4v) is 2.36. The van der Waals surface area contributed by atoms with Gasteiger partial charge in [0.15, 0.2) is 0 Å². The molecule has 1 aromatic carbocycles. The van der Waals surface area contributed by atoms with Crippen LogP contribution in [0.4, 0.5) is 0 Å². The predicted molar refractivity (Wildman–Crippen MR) is 90.1 cm³/mol. The Morgan fingerprint density at radius 2 is 2.00 bits per heavy atom. The lowest BCUT2D eigenvalue weighted by Gasteiger charge is -2.08. The number of rotatable bonds is 6. The number of benzene rings is 1. The summed E-state index contributed by atoms with van der Waals surface area (Å²) in [6.07, 6.45) is 2.52. The third-order valence-corrected chi connectivity index (χ3v) is 3.74. The molecule has 0 radical (unpaired) electrons. The molecule has 1 N–H and O–H groups in total. The first-order valence-electron chi connectivity index (χ1n) is 7.96. The smallest absolute Gasteiger partial charge is 0.264 e. The van der Waals surface area contributed by atoms with Gasteiger partial charge in [0.25, 0.3) is 5.89 Å². The summed E-state index contributed by atoms with van der Waals surface area (Å²) in [4.78, 5) is 12.2. The van der Waals surface area contributed by atoms with Crippen LogP contribution in [0.1, 0.15) is 23.9 Å². The Kier molecular flexibility index (Phi) is 4.74. The molecule has 0 unspecified atom stereocenters. The Labute approximate surface area is 140 Å². The molecule has 0 aliphatic carbocycles. The Hall–Kier alpha value is -2.89. The van der Waals surface area contributed by atoms with Crippen LogP contribution in [-0.4, -0.2) is 20.7 Å². The van der Waals surface area contributed by atoms with E-state index in [-0.39, 0.29) is 12.5 Å². The zero-order valence-electron chi connectivity index (χ0n) is 13.8. The fourth-order valence-electron chi connectivity index (χ4n) is 2.36. The highest BCUT2D eigenvalue weighted by atomic mass is 16.4. The zero-order valence-corrected chi connectivity index (χ0v) is 13.8. The van der Waals surface area contributed by atoms with Crippen LogP contribution in [-0.2, 0) is 24.3 Å². The predicted octanol–water partition coefficient (Wildman–Crippen LogP) is 2.73. The molecule has 124 valence electrons. The van der Waals surface area contributed by atoms with Gasteiger partial charge in [-0.05, 0) is 24.6 Å². The average Bonchev–Trinajstić information content (AvgIpc) is 3.23. The molecule has 2 aromatic heterocycles. The molecule has 0 fully saturated rings. The second-order valence-corrected chi connectivity index (χ2v) is 5.64. The van der Waals surface area contributed by atoms with Gasteiger partial charge in [-0.25, -0.2) is 0 Å². The Bertz CT molecular complexity index is 818. The third kappa shape index (κ3) is 3.71. The molecule has 0 atom stereocenters. The van der Waals surface area contributed by atoms with Crippen molar-refractivity contribution in [2.75, 3.05) is 0 Å². The fraction of sp³-hybridized carbons (Fsp3) is 0.278. The number of carbonyl (C=O) groups excluding carboxylic acids is 1. The molecule has 0 bridgehead atoms. The van der Waals surface area contributed by atoms with Crippen molar-refractivity contribution < 1.29 is 9.21 Å². The molecule has 1 amide bonds. The number of hydrogen-bond donors (Lipinski definition) is 1. The average molecular weight is 324 g/mol. The number of amides is 1. The molecule has 0 saturated heterocycles. The lowest BCUT2D eigenvalue weighted by Crippen LogP contribution is -2.27. The van der Waals surface area contributed by atoms with Crippen molar-refractivity contribution in [1.82, 2.24) is 20.1 Å². The number of hydrogen-bond acceptors (Lipinski definition) is 4. The molecule has 0 saturated carbocycles. The molecular weight excluding hydrogens is 304 g/mol. The van der Waals surface area contributed by atoms with Crippen LogP contribution in [0.2, 0.25) is 0 Å². The van der Waals surface area contributed by atoms with E-state index in [9.17, 15) is 4.79 Å². The maximum atomic E-state index is 12.2. The van der Waals surface area contributed by atoms with Gasteiger partial charge in [-0.1, -0.05) is 36.8 Å². The highest BCUT2D eigenvalue weighted by Gasteiger charge is 2.13. The standard InChI is InChI=1S/C18H20N4O2/c1-3-17-20-21-18(24-17)15-5-4-10-22(15)12-16(23)19-11-14-8-6-13(2)7-9-14/h4-10H,3,11-12H2,1-2H3,(H,19,23). The van der Waals surface area contributed by atoms with E-state index in [4.69, 9.17) is 4.42 Å². The maximum absolute atomic E-state index is 12.2. The van der Waals surface area contributed by atoms with Gasteiger partial charge in [0.2, 0.25) is 11.8 Å². The summed E-state index contributed by atoms with van der Waals surface area (Å²) in [6.45, 7) is 4.71. The molecule has 0 aliphatic rings. The first-order chi connectivity index (χ1) is 11.7. The Morgan fingerprint density at radius 3 is 2.71 bits per heavy atom. The maximum Gasteiger partial charge on any atom is 0.264 e. The number of nitrogens with zero attached hydrogens (tertiary/aromatic N) is 3. The van der Waals surface area contributed by atoms with Gasteiger partial charge in [0.1, 0.15) is 12.2 Å². The lowest BCUT2D eigenvalue weighted by atomic mass is 10.1. The van der Waals surface area contributed by atoms with Crippen molar-refractivity contribution >= 4 is 5.91 Å². The molecule has 2 heterocycles. The van der Waals surface area contributed by atoms with Crippen LogP contribution in [0, 0.1) is 6.92 Å². The highest BCUT2D eigenvalue weighted by molar-refractivity contribution is 5.76. The van der Waals surface area contributed by atoms with Crippen molar-refractivity contribution in [1.29, 1.82) is 0 Å². The number of aromatic nitrogens is 3. The van der Waals surface area contributed by atoms with Crippen LogP contribution in [0.25, 0.3) is 11.6 Å². The summed E-state index contributed by atoms with van der Waals surface area (Å²) in [5, 5.41) is 10.9. The number of aryl methyl sites for hydroxylation is 2. The minimum Gasteiger partial charge on any atom is -0.419 e. The molecule has 24 heavy (non-hydrogen) atoms. The lowest BCUT2D eigenvalue weighted by molar-refractivity contribution is -0.121. The summed E-state index contributed by atoms with van der Waals surface area (Å²) in [5.74, 6) is 0.952. The number of carbonyl (C=O) groups is 1. The van der Waals surface area contributed by atoms with Crippen molar-refractivity contribution in [3.63, 3.8) is 0 Å². The second kappa shape index (κ2) is 7.12. The van der Waals surface area contributed by atoms with Crippen molar-refractivity contribution in [2.45, 2.75) is 33.4 Å². The minimum atomic E-state index is -0.0664. The topological polar surface area (TPSA) is 73.0 Å². The van der Waals surface area contributed by atoms with Gasteiger partial charge >= 0.3 is 0 Å². The van der Waals surface area contributed by atoms with Crippen LogP contribution in [0.15, 0.2) is 47.0 Å². The van der Waals surface area contributed by atoms with E-state index >= 15 is 0 Å². The second-order valence-electron chi connectivity index (χ2n) is 5.64. The van der Waals surface area contributed by atoms with Crippen molar-refractivity contribution in [2.24, 2.45) is 0 Å². The van der Waals surface area contributed by atoms with E-state index in [1.54, 1.807) is 4.57 Å². The molecule has 6 nitrogen and oxygen atoms in total. The Balaban J connectivity index is 1.62. The van der Waals surface area contributed by atoms with Crippen LogP contribution < -0.4 is 5.32 Å². The SMILES string of the molecule is CCc1nnc(-c2cccn2CC(=O)NCc2ccc(C)cc2)o1. The summed E-state index contributed by atoms with van der Waals surface area (Å²) >= 11 is 0. The van der Waals surface area contributed by atoms with Gasteiger partial charge in [-0.2, -0.15) is 0 Å². The minimum absolute atomic E-state index is 0.0664. The van der Waals surface area contributed by atoms with E-state index in [1.807, 2.05) is 56.4 Å². The third-order valence-electron chi connectivity index (χ3n) is 3.74. The molecule has 3 aromatic rings. The summed E-state index contributed by atoms with van der Waals surface area (Å²) in [5.41, 5.74) is 3.02. The largest absolute Gasteiger partial charge is 0.419 e. The quantitative estimate of drug-likeness (QED) is 0.756. The van der Waals surface area contributed by atoms with Crippen LogP contribution >= 0.6 is 0 Å². The normalized spacial score (nSPS) is 10.8. The summed E-state index contributed by atoms with van der Waals surface area (Å²) in [6, 6.07) is 11.8. The van der Waals surface area contributed by atoms with E-state index < -0.39 is 0 Å². The van der Waals surface area contributed by atoms with Crippen molar-refractivity contribution in [3.8, 4) is 11.6 Å². The molecule has 3 rings (SSSR count). The summed E-state index contributed by atoms with van der Waals surface area (Å²) < 4.78 is 7.37. The van der Waals surface area contributed by atoms with Gasteiger partial charge in [0, 0.05) is 19.2 Å². The van der Waals surface area contributed by atoms with E-state index in [1.165, 1.54) is 5.56 Å². The van der Waals surface area contributed by atoms with Gasteiger partial charge in [-0.3, -0.25) is 4.79 Å². The highest BCUT2D eigenvalue weighted by Crippen LogP contribution is 2.18. The zero-order chi connectivity index (χ0) is 16.9.